The number of cyclic esters (lactones) is 2. The molecule has 1 saturated heterocycles. The summed E-state index contributed by atoms with van der Waals surface area (Å²) in [6.07, 6.45) is 2.71. The highest BCUT2D eigenvalue weighted by Gasteiger charge is 2.64. The van der Waals surface area contributed by atoms with Gasteiger partial charge in [0.25, 0.3) is 0 Å². The van der Waals surface area contributed by atoms with Crippen LogP contribution in [-0.4, -0.2) is 11.9 Å². The molecule has 86 valence electrons. The number of ether oxygens (including phenoxy) is 1. The summed E-state index contributed by atoms with van der Waals surface area (Å²) in [6, 6.07) is 0. The predicted octanol–water partition coefficient (Wildman–Crippen LogP) is 2.68. The van der Waals surface area contributed by atoms with Gasteiger partial charge in [0.1, 0.15) is 0 Å². The first-order valence-electron chi connectivity index (χ1n) is 5.81. The molecule has 1 fully saturated rings. The first-order valence-corrected chi connectivity index (χ1v) is 5.81. The third-order valence-electron chi connectivity index (χ3n) is 4.30. The smallest absolute Gasteiger partial charge is 0.320 e. The molecule has 0 aromatic carbocycles. The summed E-state index contributed by atoms with van der Waals surface area (Å²) in [5, 5.41) is 0. The highest BCUT2D eigenvalue weighted by Crippen LogP contribution is 2.55. The molecule has 1 heterocycles. The molecule has 15 heavy (non-hydrogen) atoms. The van der Waals surface area contributed by atoms with E-state index in [1.165, 1.54) is 0 Å². The molecule has 1 rings (SSSR count). The van der Waals surface area contributed by atoms with Crippen LogP contribution in [0.15, 0.2) is 0 Å². The van der Waals surface area contributed by atoms with E-state index in [-0.39, 0.29) is 11.9 Å². The number of esters is 2. The van der Waals surface area contributed by atoms with Gasteiger partial charge in [0.15, 0.2) is 0 Å². The third kappa shape index (κ3) is 1.25. The Morgan fingerprint density at radius 3 is 1.27 bits per heavy atom. The maximum atomic E-state index is 11.9. The average Bonchev–Trinajstić information content (AvgIpc) is 2.46. The maximum absolute atomic E-state index is 11.9. The molecule has 1 aliphatic rings. The largest absolute Gasteiger partial charge is 0.392 e. The van der Waals surface area contributed by atoms with Crippen molar-refractivity contribution in [2.45, 2.75) is 53.4 Å². The Morgan fingerprint density at radius 1 is 0.800 bits per heavy atom. The molecule has 0 unspecified atom stereocenters. The van der Waals surface area contributed by atoms with Crippen molar-refractivity contribution in [1.29, 1.82) is 0 Å². The van der Waals surface area contributed by atoms with Crippen molar-refractivity contribution in [3.63, 3.8) is 0 Å². The van der Waals surface area contributed by atoms with Gasteiger partial charge in [-0.05, 0) is 25.7 Å². The Balaban J connectivity index is 3.31. The normalized spacial score (nSPS) is 22.9. The SMILES string of the molecule is CCC1(CC)C(=O)OC(=O)C1(CC)CC. The zero-order chi connectivity index (χ0) is 11.7. The molecule has 0 aliphatic carbocycles. The van der Waals surface area contributed by atoms with Crippen LogP contribution >= 0.6 is 0 Å². The van der Waals surface area contributed by atoms with Gasteiger partial charge in [-0.25, -0.2) is 0 Å². The second-order valence-electron chi connectivity index (χ2n) is 4.26. The average molecular weight is 212 g/mol. The van der Waals surface area contributed by atoms with Crippen LogP contribution in [0.3, 0.4) is 0 Å². The molecule has 0 bridgehead atoms. The molecule has 0 atom stereocenters. The van der Waals surface area contributed by atoms with Crippen molar-refractivity contribution in [2.24, 2.45) is 10.8 Å². The van der Waals surface area contributed by atoms with E-state index < -0.39 is 10.8 Å². The zero-order valence-electron chi connectivity index (χ0n) is 10.1. The predicted molar refractivity (Wildman–Crippen MR) is 57.1 cm³/mol. The van der Waals surface area contributed by atoms with E-state index in [9.17, 15) is 9.59 Å². The third-order valence-corrected chi connectivity index (χ3v) is 4.30. The number of hydrogen-bond acceptors (Lipinski definition) is 3. The number of carbonyl (C=O) groups excluding carboxylic acids is 2. The van der Waals surface area contributed by atoms with Gasteiger partial charge in [-0.15, -0.1) is 0 Å². The Bertz CT molecular complexity index is 245. The first kappa shape index (κ1) is 12.2. The van der Waals surface area contributed by atoms with Gasteiger partial charge < -0.3 is 4.74 Å². The summed E-state index contributed by atoms with van der Waals surface area (Å²) in [4.78, 5) is 23.7. The van der Waals surface area contributed by atoms with Crippen molar-refractivity contribution in [3.8, 4) is 0 Å². The van der Waals surface area contributed by atoms with Crippen molar-refractivity contribution in [2.75, 3.05) is 0 Å². The lowest BCUT2D eigenvalue weighted by molar-refractivity contribution is -0.156. The van der Waals surface area contributed by atoms with Gasteiger partial charge in [-0.3, -0.25) is 9.59 Å². The number of rotatable bonds is 4. The summed E-state index contributed by atoms with van der Waals surface area (Å²) < 4.78 is 4.88. The second-order valence-corrected chi connectivity index (χ2v) is 4.26. The van der Waals surface area contributed by atoms with E-state index >= 15 is 0 Å². The van der Waals surface area contributed by atoms with E-state index in [0.717, 1.165) is 0 Å². The van der Waals surface area contributed by atoms with E-state index in [4.69, 9.17) is 4.74 Å². The molecule has 0 aromatic heterocycles. The summed E-state index contributed by atoms with van der Waals surface area (Å²) >= 11 is 0. The van der Waals surface area contributed by atoms with Crippen molar-refractivity contribution < 1.29 is 14.3 Å². The molecule has 3 heteroatoms. The minimum atomic E-state index is -0.590. The molecule has 0 radical (unpaired) electrons. The fourth-order valence-electron chi connectivity index (χ4n) is 3.10. The molecular formula is C12H20O3. The van der Waals surface area contributed by atoms with Gasteiger partial charge in [0, 0.05) is 0 Å². The van der Waals surface area contributed by atoms with Crippen LogP contribution in [0.1, 0.15) is 53.4 Å². The topological polar surface area (TPSA) is 43.4 Å². The lowest BCUT2D eigenvalue weighted by Gasteiger charge is -2.37. The summed E-state index contributed by atoms with van der Waals surface area (Å²) in [7, 11) is 0. The van der Waals surface area contributed by atoms with Gasteiger partial charge in [0.2, 0.25) is 0 Å². The standard InChI is InChI=1S/C12H20O3/c1-5-11(6-2)9(13)15-10(14)12(11,7-3)8-4/h5-8H2,1-4H3. The molecule has 0 amide bonds. The van der Waals surface area contributed by atoms with Crippen LogP contribution in [0.5, 0.6) is 0 Å². The lowest BCUT2D eigenvalue weighted by Crippen LogP contribution is -2.43. The lowest BCUT2D eigenvalue weighted by atomic mass is 9.59. The summed E-state index contributed by atoms with van der Waals surface area (Å²) in [5.41, 5.74) is -1.18. The molecular weight excluding hydrogens is 192 g/mol. The molecule has 0 aromatic rings. The zero-order valence-corrected chi connectivity index (χ0v) is 10.1. The van der Waals surface area contributed by atoms with Crippen LogP contribution in [0.4, 0.5) is 0 Å². The van der Waals surface area contributed by atoms with Crippen LogP contribution in [0.2, 0.25) is 0 Å². The minimum absolute atomic E-state index is 0.318. The first-order chi connectivity index (χ1) is 7.04. The quantitative estimate of drug-likeness (QED) is 0.531. The highest BCUT2D eigenvalue weighted by atomic mass is 16.6. The monoisotopic (exact) mass is 212 g/mol. The van der Waals surface area contributed by atoms with E-state index in [2.05, 4.69) is 0 Å². The Kier molecular flexibility index (Phi) is 3.22. The Morgan fingerprint density at radius 2 is 1.07 bits per heavy atom. The van der Waals surface area contributed by atoms with Gasteiger partial charge in [-0.1, -0.05) is 27.7 Å². The summed E-state index contributed by atoms with van der Waals surface area (Å²) in [5.74, 6) is -0.637. The Hall–Kier alpha value is -0.860. The van der Waals surface area contributed by atoms with Crippen molar-refractivity contribution >= 4 is 11.9 Å². The maximum Gasteiger partial charge on any atom is 0.320 e. The molecule has 1 aliphatic heterocycles. The fraction of sp³-hybridized carbons (Fsp3) is 0.833. The molecule has 0 saturated carbocycles. The van der Waals surface area contributed by atoms with Gasteiger partial charge in [-0.2, -0.15) is 0 Å². The van der Waals surface area contributed by atoms with Crippen LogP contribution in [-0.2, 0) is 14.3 Å². The molecule has 3 nitrogen and oxygen atoms in total. The number of carbonyl (C=O) groups is 2. The minimum Gasteiger partial charge on any atom is -0.392 e. The summed E-state index contributed by atoms with van der Waals surface area (Å²) in [6.45, 7) is 7.85. The van der Waals surface area contributed by atoms with Gasteiger partial charge in [0.05, 0.1) is 10.8 Å². The molecule has 0 N–H and O–H groups in total. The van der Waals surface area contributed by atoms with Crippen LogP contribution in [0, 0.1) is 10.8 Å². The van der Waals surface area contributed by atoms with Gasteiger partial charge >= 0.3 is 11.9 Å². The molecule has 0 spiro atoms. The van der Waals surface area contributed by atoms with E-state index in [1.54, 1.807) is 0 Å². The van der Waals surface area contributed by atoms with Crippen LogP contribution in [0.25, 0.3) is 0 Å². The van der Waals surface area contributed by atoms with Crippen molar-refractivity contribution in [1.82, 2.24) is 0 Å². The van der Waals surface area contributed by atoms with Crippen molar-refractivity contribution in [3.05, 3.63) is 0 Å². The van der Waals surface area contributed by atoms with E-state index in [0.29, 0.717) is 25.7 Å². The fourth-order valence-corrected chi connectivity index (χ4v) is 3.10. The second kappa shape index (κ2) is 3.95. The Labute approximate surface area is 91.2 Å². The van der Waals surface area contributed by atoms with Crippen LogP contribution < -0.4 is 0 Å². The highest BCUT2D eigenvalue weighted by molar-refractivity contribution is 6.01. The number of hydrogen-bond donors (Lipinski definition) is 0. The van der Waals surface area contributed by atoms with E-state index in [1.807, 2.05) is 27.7 Å².